The van der Waals surface area contributed by atoms with Crippen LogP contribution in [0.4, 0.5) is 17.3 Å². The number of aromatic nitrogens is 4. The number of benzene rings is 1. The number of nitrogens with zero attached hydrogens (tertiary/aromatic N) is 6. The van der Waals surface area contributed by atoms with Crippen molar-refractivity contribution in [1.29, 1.82) is 0 Å². The smallest absolute Gasteiger partial charge is 0.270 e. The zero-order chi connectivity index (χ0) is 26.1. The number of nitro benzene ring substituents is 1. The van der Waals surface area contributed by atoms with Crippen molar-refractivity contribution in [3.05, 3.63) is 57.4 Å². The van der Waals surface area contributed by atoms with Gasteiger partial charge in [-0.05, 0) is 52.4 Å². The molecule has 2 fully saturated rings. The fourth-order valence-electron chi connectivity index (χ4n) is 5.46. The Balaban J connectivity index is 1.35. The molecule has 188 valence electrons. The van der Waals surface area contributed by atoms with E-state index in [-0.39, 0.29) is 41.3 Å². The second kappa shape index (κ2) is 8.20. The van der Waals surface area contributed by atoms with Crippen LogP contribution in [0.25, 0.3) is 21.9 Å². The van der Waals surface area contributed by atoms with E-state index in [1.165, 1.54) is 18.5 Å². The number of nitro groups is 1. The standard InChI is InChI=1S/C24H21BrN8O4/c1-24-8-15(23(35)30-18-4-2-3-17(25)29-18)32(16(24)9-24)19(34)10-31-14-6-5-12(33(36)37)7-13(14)20-21(26)27-11-28-22(20)31/h2-7,11,15-16H,8-10H2,1H3,(H2,26,27,28)(H,29,30,35)/t15-,16+,24-/m0/s1. The molecule has 0 spiro atoms. The first-order valence-corrected chi connectivity index (χ1v) is 12.4. The summed E-state index contributed by atoms with van der Waals surface area (Å²) in [5, 5.41) is 15.1. The third-order valence-electron chi connectivity index (χ3n) is 7.35. The quantitative estimate of drug-likeness (QED) is 0.212. The number of carbonyl (C=O) groups is 2. The third-order valence-corrected chi connectivity index (χ3v) is 7.79. The maximum Gasteiger partial charge on any atom is 0.270 e. The number of hydrogen-bond donors (Lipinski definition) is 2. The number of halogens is 1. The number of carbonyl (C=O) groups excluding carboxylic acids is 2. The van der Waals surface area contributed by atoms with Gasteiger partial charge in [0, 0.05) is 23.6 Å². The summed E-state index contributed by atoms with van der Waals surface area (Å²) in [6.45, 7) is 1.97. The molecule has 3 atom stereocenters. The number of nitrogens with one attached hydrogen (secondary N) is 1. The number of pyridine rings is 1. The van der Waals surface area contributed by atoms with Gasteiger partial charge in [0.2, 0.25) is 11.8 Å². The number of hydrogen-bond acceptors (Lipinski definition) is 8. The van der Waals surface area contributed by atoms with Gasteiger partial charge in [-0.15, -0.1) is 0 Å². The number of piperidine rings is 1. The fraction of sp³-hybridized carbons (Fsp3) is 0.292. The predicted octanol–water partition coefficient (Wildman–Crippen LogP) is 3.25. The number of nitrogens with two attached hydrogens (primary N) is 1. The lowest BCUT2D eigenvalue weighted by molar-refractivity contribution is -0.384. The Morgan fingerprint density at radius 2 is 2.08 bits per heavy atom. The van der Waals surface area contributed by atoms with Crippen molar-refractivity contribution < 1.29 is 14.5 Å². The molecule has 1 aromatic carbocycles. The molecule has 3 N–H and O–H groups in total. The van der Waals surface area contributed by atoms with Crippen molar-refractivity contribution in [2.75, 3.05) is 11.1 Å². The molecular weight excluding hydrogens is 544 g/mol. The number of likely N-dealkylation sites (tertiary alicyclic amines) is 1. The SMILES string of the molecule is C[C@@]12C[C@@H](C(=O)Nc3cccc(Br)n3)N(C(=O)Cn3c4ccc([N+](=O)[O-])cc4c4c(N)ncnc43)[C@@H]1C2. The van der Waals surface area contributed by atoms with E-state index in [1.807, 2.05) is 0 Å². The summed E-state index contributed by atoms with van der Waals surface area (Å²) in [5.41, 5.74) is 6.86. The fourth-order valence-corrected chi connectivity index (χ4v) is 5.81. The summed E-state index contributed by atoms with van der Waals surface area (Å²) in [7, 11) is 0. The van der Waals surface area contributed by atoms with Crippen LogP contribution in [-0.2, 0) is 16.1 Å². The van der Waals surface area contributed by atoms with E-state index < -0.39 is 11.0 Å². The first-order chi connectivity index (χ1) is 17.7. The molecule has 0 radical (unpaired) electrons. The van der Waals surface area contributed by atoms with Crippen LogP contribution < -0.4 is 11.1 Å². The van der Waals surface area contributed by atoms with Crippen LogP contribution in [0, 0.1) is 15.5 Å². The Kier molecular flexibility index (Phi) is 5.16. The zero-order valence-electron chi connectivity index (χ0n) is 19.6. The summed E-state index contributed by atoms with van der Waals surface area (Å²) in [6, 6.07) is 8.89. The van der Waals surface area contributed by atoms with Crippen molar-refractivity contribution in [2.24, 2.45) is 5.41 Å². The maximum absolute atomic E-state index is 13.8. The molecule has 4 heterocycles. The lowest BCUT2D eigenvalue weighted by Crippen LogP contribution is -2.46. The molecule has 13 heteroatoms. The molecular formula is C24H21BrN8O4. The van der Waals surface area contributed by atoms with Crippen molar-refractivity contribution in [2.45, 2.75) is 38.4 Å². The monoisotopic (exact) mass is 564 g/mol. The molecule has 12 nitrogen and oxygen atoms in total. The van der Waals surface area contributed by atoms with E-state index in [0.717, 1.165) is 6.42 Å². The summed E-state index contributed by atoms with van der Waals surface area (Å²) < 4.78 is 2.27. The number of nitrogen functional groups attached to an aromatic ring is 1. The molecule has 0 unspecified atom stereocenters. The van der Waals surface area contributed by atoms with Crippen LogP contribution in [-0.4, -0.2) is 53.2 Å². The second-order valence-corrected chi connectivity index (χ2v) is 10.5. The van der Waals surface area contributed by atoms with E-state index in [1.54, 1.807) is 33.7 Å². The molecule has 1 aliphatic heterocycles. The normalized spacial score (nSPS) is 22.3. The Morgan fingerprint density at radius 3 is 2.84 bits per heavy atom. The van der Waals surface area contributed by atoms with Gasteiger partial charge in [0.15, 0.2) is 0 Å². The van der Waals surface area contributed by atoms with Crippen molar-refractivity contribution in [3.63, 3.8) is 0 Å². The minimum absolute atomic E-state index is 0.0416. The lowest BCUT2D eigenvalue weighted by atomic mass is 10.0. The van der Waals surface area contributed by atoms with Crippen LogP contribution in [0.1, 0.15) is 19.8 Å². The van der Waals surface area contributed by atoms with Crippen LogP contribution >= 0.6 is 15.9 Å². The van der Waals surface area contributed by atoms with Gasteiger partial charge in [-0.25, -0.2) is 15.0 Å². The zero-order valence-corrected chi connectivity index (χ0v) is 21.2. The van der Waals surface area contributed by atoms with E-state index >= 15 is 0 Å². The average Bonchev–Trinajstić information content (AvgIpc) is 3.26. The highest BCUT2D eigenvalue weighted by Gasteiger charge is 2.64. The number of fused-ring (bicyclic) bond motifs is 4. The molecule has 1 aliphatic carbocycles. The Morgan fingerprint density at radius 1 is 1.27 bits per heavy atom. The van der Waals surface area contributed by atoms with Crippen molar-refractivity contribution >= 4 is 67.0 Å². The van der Waals surface area contributed by atoms with Gasteiger partial charge in [0.25, 0.3) is 5.69 Å². The van der Waals surface area contributed by atoms with E-state index in [9.17, 15) is 19.7 Å². The van der Waals surface area contributed by atoms with Crippen LogP contribution in [0.2, 0.25) is 0 Å². The van der Waals surface area contributed by atoms with Gasteiger partial charge in [-0.1, -0.05) is 13.0 Å². The molecule has 1 saturated heterocycles. The number of anilines is 2. The average molecular weight is 565 g/mol. The van der Waals surface area contributed by atoms with Gasteiger partial charge in [0.05, 0.1) is 15.8 Å². The molecule has 4 aromatic rings. The molecule has 2 amide bonds. The maximum atomic E-state index is 13.8. The van der Waals surface area contributed by atoms with Crippen molar-refractivity contribution in [3.8, 4) is 0 Å². The molecule has 2 aliphatic rings. The number of rotatable bonds is 5. The van der Waals surface area contributed by atoms with Crippen LogP contribution in [0.3, 0.4) is 0 Å². The van der Waals surface area contributed by atoms with Crippen molar-refractivity contribution in [1.82, 2.24) is 24.4 Å². The minimum Gasteiger partial charge on any atom is -0.383 e. The van der Waals surface area contributed by atoms with Gasteiger partial charge in [0.1, 0.15) is 40.8 Å². The summed E-state index contributed by atoms with van der Waals surface area (Å²) >= 11 is 3.30. The molecule has 3 aromatic heterocycles. The van der Waals surface area contributed by atoms with E-state index in [2.05, 4.69) is 43.1 Å². The van der Waals surface area contributed by atoms with E-state index in [0.29, 0.717) is 38.8 Å². The molecule has 0 bridgehead atoms. The topological polar surface area (TPSA) is 162 Å². The summed E-state index contributed by atoms with van der Waals surface area (Å²) in [5.74, 6) is 0.0183. The highest BCUT2D eigenvalue weighted by molar-refractivity contribution is 9.10. The van der Waals surface area contributed by atoms with E-state index in [4.69, 9.17) is 5.73 Å². The number of amides is 2. The molecule has 6 rings (SSSR count). The lowest BCUT2D eigenvalue weighted by Gasteiger charge is -2.27. The van der Waals surface area contributed by atoms with Gasteiger partial charge in [-0.3, -0.25) is 19.7 Å². The summed E-state index contributed by atoms with van der Waals surface area (Å²) in [6.07, 6.45) is 2.67. The molecule has 1 saturated carbocycles. The predicted molar refractivity (Wildman–Crippen MR) is 138 cm³/mol. The highest BCUT2D eigenvalue weighted by Crippen LogP contribution is 2.59. The van der Waals surface area contributed by atoms with Gasteiger partial charge >= 0.3 is 0 Å². The first-order valence-electron chi connectivity index (χ1n) is 11.6. The van der Waals surface area contributed by atoms with Gasteiger partial charge in [-0.2, -0.15) is 0 Å². The third kappa shape index (κ3) is 3.77. The second-order valence-electron chi connectivity index (χ2n) is 9.73. The van der Waals surface area contributed by atoms with Crippen LogP contribution in [0.15, 0.2) is 47.3 Å². The Labute approximate surface area is 218 Å². The van der Waals surface area contributed by atoms with Gasteiger partial charge < -0.3 is 20.5 Å². The largest absolute Gasteiger partial charge is 0.383 e. The highest BCUT2D eigenvalue weighted by atomic mass is 79.9. The van der Waals surface area contributed by atoms with Crippen LogP contribution in [0.5, 0.6) is 0 Å². The first kappa shape index (κ1) is 23.3. The Bertz CT molecular complexity index is 1640. The minimum atomic E-state index is -0.647. The summed E-state index contributed by atoms with van der Waals surface area (Å²) in [4.78, 5) is 52.2. The Hall–Kier alpha value is -4.13. The molecule has 37 heavy (non-hydrogen) atoms. The number of non-ortho nitro benzene ring substituents is 1.